The molecule has 45 heavy (non-hydrogen) atoms. The average molecular weight is 578 g/mol. The van der Waals surface area contributed by atoms with E-state index in [2.05, 4.69) is 134 Å². The summed E-state index contributed by atoms with van der Waals surface area (Å²) in [5.74, 6) is 0.818. The lowest BCUT2D eigenvalue weighted by Crippen LogP contribution is -2.18. The molecule has 3 aromatic heterocycles. The van der Waals surface area contributed by atoms with E-state index in [1.807, 2.05) is 12.1 Å². The Morgan fingerprint density at radius 3 is 2.16 bits per heavy atom. The van der Waals surface area contributed by atoms with Crippen LogP contribution in [-0.4, -0.2) is 14.5 Å². The predicted octanol–water partition coefficient (Wildman–Crippen LogP) is 10.6. The molecule has 0 N–H and O–H groups in total. The molecule has 1 aliphatic rings. The molecular weight excluding hydrogens is 550 g/mol. The SMILES string of the molecule is CC1(C)c2ccccc2-c2nc(-n3c4ccccc4c4cc5ccccc5cc43)c(-c3ccc4c(c3)oc3ccccc34)nc21. The monoisotopic (exact) mass is 577 g/mol. The highest BCUT2D eigenvalue weighted by molar-refractivity contribution is 6.14. The molecule has 0 radical (unpaired) electrons. The minimum Gasteiger partial charge on any atom is -0.456 e. The maximum absolute atomic E-state index is 6.36. The number of aromatic nitrogens is 3. The molecule has 0 unspecified atom stereocenters. The van der Waals surface area contributed by atoms with Gasteiger partial charge in [-0.1, -0.05) is 105 Å². The normalized spacial score (nSPS) is 13.7. The van der Waals surface area contributed by atoms with Crippen LogP contribution in [0.25, 0.3) is 82.8 Å². The van der Waals surface area contributed by atoms with Crippen molar-refractivity contribution in [3.8, 4) is 28.3 Å². The van der Waals surface area contributed by atoms with Crippen LogP contribution in [0.5, 0.6) is 0 Å². The molecule has 212 valence electrons. The Labute approximate surface area is 259 Å². The van der Waals surface area contributed by atoms with Gasteiger partial charge in [-0.25, -0.2) is 9.97 Å². The van der Waals surface area contributed by atoms with Crippen LogP contribution in [0.2, 0.25) is 0 Å². The third-order valence-corrected chi connectivity index (χ3v) is 9.73. The van der Waals surface area contributed by atoms with Crippen molar-refractivity contribution in [1.29, 1.82) is 0 Å². The summed E-state index contributed by atoms with van der Waals surface area (Å²) in [5, 5.41) is 7.02. The fraction of sp³-hybridized carbons (Fsp3) is 0.0732. The van der Waals surface area contributed by atoms with Crippen LogP contribution in [0.1, 0.15) is 25.1 Å². The number of furan rings is 1. The topological polar surface area (TPSA) is 43.9 Å². The highest BCUT2D eigenvalue weighted by atomic mass is 16.3. The zero-order valence-corrected chi connectivity index (χ0v) is 24.9. The lowest BCUT2D eigenvalue weighted by molar-refractivity contribution is 0.635. The Kier molecular flexibility index (Phi) is 4.76. The standard InChI is InChI=1S/C41H27N3O/c1-41(2)32-16-8-5-15-30(32)38-39(41)42-37(26-19-20-29-28-14-7-10-18-35(28)45-36(29)23-26)40(43-38)44-33-17-9-6-13-27(33)31-21-24-11-3-4-12-25(24)22-34(31)44/h3-23H,1-2H3. The van der Waals surface area contributed by atoms with E-state index in [0.29, 0.717) is 0 Å². The first kappa shape index (κ1) is 24.7. The predicted molar refractivity (Wildman–Crippen MR) is 184 cm³/mol. The van der Waals surface area contributed by atoms with Crippen LogP contribution < -0.4 is 0 Å². The van der Waals surface area contributed by atoms with E-state index >= 15 is 0 Å². The second kappa shape index (κ2) is 8.67. The molecule has 10 rings (SSSR count). The Hall–Kier alpha value is -5.74. The van der Waals surface area contributed by atoms with E-state index in [1.165, 1.54) is 27.1 Å². The number of hydrogen-bond donors (Lipinski definition) is 0. The van der Waals surface area contributed by atoms with E-state index in [-0.39, 0.29) is 5.41 Å². The van der Waals surface area contributed by atoms with E-state index in [0.717, 1.165) is 67.0 Å². The number of nitrogens with zero attached hydrogens (tertiary/aromatic N) is 3. The maximum atomic E-state index is 6.36. The van der Waals surface area contributed by atoms with Gasteiger partial charge in [-0.05, 0) is 52.7 Å². The molecule has 1 aliphatic carbocycles. The van der Waals surface area contributed by atoms with Crippen molar-refractivity contribution in [2.24, 2.45) is 0 Å². The molecule has 4 heteroatoms. The number of rotatable bonds is 2. The van der Waals surface area contributed by atoms with E-state index < -0.39 is 0 Å². The summed E-state index contributed by atoms with van der Waals surface area (Å²) in [6, 6.07) is 45.1. The summed E-state index contributed by atoms with van der Waals surface area (Å²) < 4.78 is 8.68. The third kappa shape index (κ3) is 3.31. The van der Waals surface area contributed by atoms with Crippen molar-refractivity contribution in [2.75, 3.05) is 0 Å². The van der Waals surface area contributed by atoms with Crippen LogP contribution in [0.4, 0.5) is 0 Å². The van der Waals surface area contributed by atoms with Crippen LogP contribution in [0, 0.1) is 0 Å². The molecule has 4 nitrogen and oxygen atoms in total. The van der Waals surface area contributed by atoms with Crippen molar-refractivity contribution in [2.45, 2.75) is 19.3 Å². The second-order valence-electron chi connectivity index (χ2n) is 12.6. The Bertz CT molecular complexity index is 2690. The van der Waals surface area contributed by atoms with Gasteiger partial charge in [0.1, 0.15) is 16.9 Å². The lowest BCUT2D eigenvalue weighted by Gasteiger charge is -2.21. The zero-order valence-electron chi connectivity index (χ0n) is 24.9. The van der Waals surface area contributed by atoms with Crippen molar-refractivity contribution < 1.29 is 4.42 Å². The highest BCUT2D eigenvalue weighted by Crippen LogP contribution is 2.49. The molecule has 0 atom stereocenters. The van der Waals surface area contributed by atoms with Crippen LogP contribution in [0.3, 0.4) is 0 Å². The lowest BCUT2D eigenvalue weighted by atomic mass is 9.85. The molecule has 3 heterocycles. The first-order valence-corrected chi connectivity index (χ1v) is 15.4. The van der Waals surface area contributed by atoms with Crippen LogP contribution >= 0.6 is 0 Å². The molecular formula is C41H27N3O. The number of para-hydroxylation sites is 2. The fourth-order valence-electron chi connectivity index (χ4n) is 7.52. The van der Waals surface area contributed by atoms with Gasteiger partial charge in [0.05, 0.1) is 22.4 Å². The Balaban J connectivity index is 1.35. The molecule has 0 amide bonds. The van der Waals surface area contributed by atoms with Gasteiger partial charge in [0, 0.05) is 38.1 Å². The number of fused-ring (bicyclic) bond motifs is 10. The molecule has 6 aromatic carbocycles. The first-order valence-electron chi connectivity index (χ1n) is 15.4. The Morgan fingerprint density at radius 1 is 0.556 bits per heavy atom. The molecule has 0 fully saturated rings. The third-order valence-electron chi connectivity index (χ3n) is 9.73. The second-order valence-corrected chi connectivity index (χ2v) is 12.6. The van der Waals surface area contributed by atoms with Gasteiger partial charge in [-0.15, -0.1) is 0 Å². The minimum atomic E-state index is -0.285. The largest absolute Gasteiger partial charge is 0.456 e. The summed E-state index contributed by atoms with van der Waals surface area (Å²) in [6.45, 7) is 4.51. The van der Waals surface area contributed by atoms with Crippen molar-refractivity contribution >= 4 is 54.5 Å². The molecule has 9 aromatic rings. The van der Waals surface area contributed by atoms with Gasteiger partial charge < -0.3 is 4.42 Å². The molecule has 0 bridgehead atoms. The molecule has 0 saturated heterocycles. The van der Waals surface area contributed by atoms with Gasteiger partial charge in [0.15, 0.2) is 5.82 Å². The minimum absolute atomic E-state index is 0.285. The fourth-order valence-corrected chi connectivity index (χ4v) is 7.52. The molecule has 0 aliphatic heterocycles. The number of hydrogen-bond acceptors (Lipinski definition) is 3. The van der Waals surface area contributed by atoms with Gasteiger partial charge in [0.2, 0.25) is 0 Å². The van der Waals surface area contributed by atoms with Crippen molar-refractivity contribution in [3.63, 3.8) is 0 Å². The van der Waals surface area contributed by atoms with Gasteiger partial charge in [-0.2, -0.15) is 0 Å². The summed E-state index contributed by atoms with van der Waals surface area (Å²) >= 11 is 0. The van der Waals surface area contributed by atoms with Crippen LogP contribution in [0.15, 0.2) is 132 Å². The molecule has 0 saturated carbocycles. The summed E-state index contributed by atoms with van der Waals surface area (Å²) in [4.78, 5) is 11.1. The maximum Gasteiger partial charge on any atom is 0.165 e. The smallest absolute Gasteiger partial charge is 0.165 e. The van der Waals surface area contributed by atoms with Crippen LogP contribution in [-0.2, 0) is 5.41 Å². The van der Waals surface area contributed by atoms with Crippen molar-refractivity contribution in [1.82, 2.24) is 14.5 Å². The van der Waals surface area contributed by atoms with E-state index in [9.17, 15) is 0 Å². The van der Waals surface area contributed by atoms with Gasteiger partial charge in [-0.3, -0.25) is 4.57 Å². The summed E-state index contributed by atoms with van der Waals surface area (Å²) in [6.07, 6.45) is 0. The average Bonchev–Trinajstić information content (AvgIpc) is 3.68. The highest BCUT2D eigenvalue weighted by Gasteiger charge is 2.39. The van der Waals surface area contributed by atoms with Gasteiger partial charge in [0.25, 0.3) is 0 Å². The first-order chi connectivity index (χ1) is 22.1. The zero-order chi connectivity index (χ0) is 29.9. The van der Waals surface area contributed by atoms with E-state index in [1.54, 1.807) is 0 Å². The summed E-state index contributed by atoms with van der Waals surface area (Å²) in [5.41, 5.74) is 9.83. The quantitative estimate of drug-likeness (QED) is 0.205. The molecule has 0 spiro atoms. The summed E-state index contributed by atoms with van der Waals surface area (Å²) in [7, 11) is 0. The van der Waals surface area contributed by atoms with Crippen molar-refractivity contribution in [3.05, 3.63) is 139 Å². The number of benzene rings is 6. The Morgan fingerprint density at radius 2 is 1.27 bits per heavy atom. The van der Waals surface area contributed by atoms with Gasteiger partial charge >= 0.3 is 0 Å². The van der Waals surface area contributed by atoms with E-state index in [4.69, 9.17) is 14.4 Å².